The Labute approximate surface area is 200 Å². The van der Waals surface area contributed by atoms with Gasteiger partial charge in [-0.2, -0.15) is 0 Å². The summed E-state index contributed by atoms with van der Waals surface area (Å²) in [6, 6.07) is 10.9. The van der Waals surface area contributed by atoms with Crippen LogP contribution in [-0.4, -0.2) is 28.1 Å². The van der Waals surface area contributed by atoms with Crippen LogP contribution < -0.4 is 9.04 Å². The molecule has 2 heterocycles. The summed E-state index contributed by atoms with van der Waals surface area (Å²) >= 11 is 0. The lowest BCUT2D eigenvalue weighted by atomic mass is 9.80. The molecule has 0 aromatic heterocycles. The van der Waals surface area contributed by atoms with Crippen LogP contribution in [0.25, 0.3) is 22.3 Å². The van der Waals surface area contributed by atoms with Crippen LogP contribution in [0.15, 0.2) is 36.4 Å². The molecule has 0 amide bonds. The van der Waals surface area contributed by atoms with Gasteiger partial charge in [0.25, 0.3) is 0 Å². The minimum absolute atomic E-state index is 0.183. The van der Waals surface area contributed by atoms with Gasteiger partial charge in [0.2, 0.25) is 0 Å². The summed E-state index contributed by atoms with van der Waals surface area (Å²) in [6.45, 7) is 4.75. The van der Waals surface area contributed by atoms with Crippen LogP contribution in [0.5, 0.6) is 5.75 Å². The number of carbonyl (C=O) groups is 1. The molecule has 0 saturated heterocycles. The first kappa shape index (κ1) is 22.6. The molecule has 3 aromatic carbocycles. The Hall–Kier alpha value is -3.19. The number of hydrogen-bond donors (Lipinski definition) is 1. The number of ether oxygens (including phenoxy) is 1. The van der Waals surface area contributed by atoms with Gasteiger partial charge in [0, 0.05) is 17.4 Å². The maximum atomic E-state index is 15.3. The smallest absolute Gasteiger partial charge is 0.307 e. The SMILES string of the molecule is Cc1c(-c2ccc3c(c2)CCCO3)c(CC(=O)O)c(C)c2c1-c1c(F)cccc1CN2S(C)=O. The molecule has 176 valence electrons. The molecule has 1 N–H and O–H groups in total. The number of carboxylic acid groups (broad SMARTS) is 1. The largest absolute Gasteiger partial charge is 0.493 e. The van der Waals surface area contributed by atoms with Gasteiger partial charge in [-0.1, -0.05) is 18.2 Å². The predicted octanol–water partition coefficient (Wildman–Crippen LogP) is 5.34. The van der Waals surface area contributed by atoms with Gasteiger partial charge >= 0.3 is 5.97 Å². The molecular weight excluding hydrogens is 453 g/mol. The Kier molecular flexibility index (Phi) is 5.68. The Balaban J connectivity index is 1.87. The molecule has 0 spiro atoms. The van der Waals surface area contributed by atoms with Gasteiger partial charge in [0.15, 0.2) is 0 Å². The second kappa shape index (κ2) is 8.55. The molecule has 0 aliphatic carbocycles. The lowest BCUT2D eigenvalue weighted by Crippen LogP contribution is -2.30. The number of hydrogen-bond acceptors (Lipinski definition) is 3. The van der Waals surface area contributed by atoms with Crippen molar-refractivity contribution in [1.29, 1.82) is 0 Å². The fraction of sp³-hybridized carbons (Fsp3) is 0.296. The van der Waals surface area contributed by atoms with Gasteiger partial charge < -0.3 is 9.84 Å². The van der Waals surface area contributed by atoms with Crippen LogP contribution >= 0.6 is 0 Å². The van der Waals surface area contributed by atoms with E-state index in [9.17, 15) is 14.1 Å². The molecule has 7 heteroatoms. The van der Waals surface area contributed by atoms with E-state index in [0.717, 1.165) is 52.0 Å². The molecule has 5 rings (SSSR count). The average Bonchev–Trinajstić information content (AvgIpc) is 2.81. The number of anilines is 1. The minimum Gasteiger partial charge on any atom is -0.493 e. The van der Waals surface area contributed by atoms with E-state index in [4.69, 9.17) is 4.74 Å². The summed E-state index contributed by atoms with van der Waals surface area (Å²) in [4.78, 5) is 11.9. The summed E-state index contributed by atoms with van der Waals surface area (Å²) in [6.07, 6.45) is 3.23. The lowest BCUT2D eigenvalue weighted by Gasteiger charge is -2.35. The molecular formula is C27H26FNO4S. The van der Waals surface area contributed by atoms with Gasteiger partial charge in [-0.25, -0.2) is 8.60 Å². The standard InChI is InChI=1S/C27H26FNO4S/c1-15-20(13-23(30)31)24(18-9-10-22-17(12-18)7-5-11-33-22)16(2)25-26-19(6-4-8-21(26)28)14-29(27(15)25)34(3)32/h4,6,8-10,12H,5,7,11,13-14H2,1-3H3,(H,30,31). The van der Waals surface area contributed by atoms with Crippen molar-refractivity contribution in [2.24, 2.45) is 0 Å². The number of carboxylic acids is 1. The van der Waals surface area contributed by atoms with Gasteiger partial charge in [0.05, 0.1) is 25.3 Å². The molecule has 0 fully saturated rings. The van der Waals surface area contributed by atoms with Crippen LogP contribution in [0, 0.1) is 19.7 Å². The van der Waals surface area contributed by atoms with E-state index in [0.29, 0.717) is 35.5 Å². The zero-order valence-electron chi connectivity index (χ0n) is 19.4. The third-order valence-electron chi connectivity index (χ3n) is 6.85. The van der Waals surface area contributed by atoms with Crippen molar-refractivity contribution in [2.45, 2.75) is 39.7 Å². The first-order valence-corrected chi connectivity index (χ1v) is 12.8. The number of nitrogens with zero attached hydrogens (tertiary/aromatic N) is 1. The van der Waals surface area contributed by atoms with E-state index >= 15 is 4.39 Å². The van der Waals surface area contributed by atoms with Gasteiger partial charge in [-0.3, -0.25) is 9.10 Å². The number of benzene rings is 3. The fourth-order valence-electron chi connectivity index (χ4n) is 5.38. The van der Waals surface area contributed by atoms with Gasteiger partial charge in [0.1, 0.15) is 22.6 Å². The molecule has 0 bridgehead atoms. The predicted molar refractivity (Wildman–Crippen MR) is 132 cm³/mol. The van der Waals surface area contributed by atoms with Crippen LogP contribution in [0.3, 0.4) is 0 Å². The first-order chi connectivity index (χ1) is 16.3. The van der Waals surface area contributed by atoms with E-state index in [1.165, 1.54) is 6.07 Å². The van der Waals surface area contributed by atoms with Crippen molar-refractivity contribution < 1.29 is 23.2 Å². The molecule has 5 nitrogen and oxygen atoms in total. The highest BCUT2D eigenvalue weighted by Gasteiger charge is 2.33. The topological polar surface area (TPSA) is 66.8 Å². The van der Waals surface area contributed by atoms with Gasteiger partial charge in [-0.15, -0.1) is 0 Å². The first-order valence-electron chi connectivity index (χ1n) is 11.3. The van der Waals surface area contributed by atoms with Crippen LogP contribution in [0.4, 0.5) is 10.1 Å². The quantitative estimate of drug-likeness (QED) is 0.548. The normalized spacial score (nSPS) is 15.1. The fourth-order valence-corrected chi connectivity index (χ4v) is 6.18. The monoisotopic (exact) mass is 479 g/mol. The number of halogens is 1. The van der Waals surface area contributed by atoms with Crippen LogP contribution in [0.2, 0.25) is 0 Å². The zero-order chi connectivity index (χ0) is 24.1. The van der Waals surface area contributed by atoms with Crippen molar-refractivity contribution in [3.05, 3.63) is 70.0 Å². The maximum Gasteiger partial charge on any atom is 0.307 e. The maximum absolute atomic E-state index is 15.3. The second-order valence-corrected chi connectivity index (χ2v) is 10.2. The van der Waals surface area contributed by atoms with E-state index < -0.39 is 17.0 Å². The van der Waals surface area contributed by atoms with E-state index in [1.54, 1.807) is 16.6 Å². The molecule has 0 radical (unpaired) electrons. The summed E-state index contributed by atoms with van der Waals surface area (Å²) < 4.78 is 35.6. The molecule has 2 aliphatic rings. The Morgan fingerprint density at radius 3 is 2.65 bits per heavy atom. The highest BCUT2D eigenvalue weighted by Crippen LogP contribution is 2.50. The van der Waals surface area contributed by atoms with E-state index in [1.807, 2.05) is 32.0 Å². The summed E-state index contributed by atoms with van der Waals surface area (Å²) in [5, 5.41) is 9.77. The van der Waals surface area contributed by atoms with Crippen LogP contribution in [-0.2, 0) is 35.2 Å². The number of aliphatic carboxylic acids is 1. The van der Waals surface area contributed by atoms with E-state index in [2.05, 4.69) is 6.07 Å². The summed E-state index contributed by atoms with van der Waals surface area (Å²) in [7, 11) is -1.37. The van der Waals surface area contributed by atoms with Gasteiger partial charge in [-0.05, 0) is 83.8 Å². The van der Waals surface area contributed by atoms with Crippen molar-refractivity contribution >= 4 is 22.6 Å². The zero-order valence-corrected chi connectivity index (χ0v) is 20.2. The van der Waals surface area contributed by atoms with Crippen molar-refractivity contribution in [3.8, 4) is 28.0 Å². The lowest BCUT2D eigenvalue weighted by molar-refractivity contribution is -0.136. The number of aryl methyl sites for hydroxylation is 1. The number of fused-ring (bicyclic) bond motifs is 4. The Morgan fingerprint density at radius 1 is 1.12 bits per heavy atom. The summed E-state index contributed by atoms with van der Waals surface area (Å²) in [5.74, 6) is -0.429. The third-order valence-corrected chi connectivity index (χ3v) is 7.78. The minimum atomic E-state index is -1.37. The van der Waals surface area contributed by atoms with Crippen LogP contribution in [0.1, 0.15) is 34.2 Å². The average molecular weight is 480 g/mol. The van der Waals surface area contributed by atoms with Crippen molar-refractivity contribution in [2.75, 3.05) is 17.2 Å². The molecule has 2 aliphatic heterocycles. The Morgan fingerprint density at radius 2 is 1.91 bits per heavy atom. The second-order valence-electron chi connectivity index (χ2n) is 8.91. The molecule has 3 aromatic rings. The highest BCUT2D eigenvalue weighted by atomic mass is 32.2. The summed E-state index contributed by atoms with van der Waals surface area (Å²) in [5.41, 5.74) is 7.54. The van der Waals surface area contributed by atoms with E-state index in [-0.39, 0.29) is 12.2 Å². The molecule has 1 atom stereocenters. The van der Waals surface area contributed by atoms with Crippen molar-refractivity contribution in [3.63, 3.8) is 0 Å². The van der Waals surface area contributed by atoms with Crippen molar-refractivity contribution in [1.82, 2.24) is 0 Å². The Bertz CT molecular complexity index is 1370. The third kappa shape index (κ3) is 3.59. The number of rotatable bonds is 4. The molecule has 1 unspecified atom stereocenters. The molecule has 34 heavy (non-hydrogen) atoms. The molecule has 0 saturated carbocycles. The highest BCUT2D eigenvalue weighted by molar-refractivity contribution is 7.85.